The summed E-state index contributed by atoms with van der Waals surface area (Å²) in [4.78, 5) is 27.8. The molecule has 2 amide bonds. The highest BCUT2D eigenvalue weighted by atomic mass is 19.1. The Morgan fingerprint density at radius 3 is 2.61 bits per heavy atom. The van der Waals surface area contributed by atoms with Crippen molar-refractivity contribution in [2.24, 2.45) is 0 Å². The van der Waals surface area contributed by atoms with E-state index in [9.17, 15) is 19.3 Å². The highest BCUT2D eigenvalue weighted by molar-refractivity contribution is 6.00. The molecule has 1 N–H and O–H groups in total. The average molecular weight is 382 g/mol. The zero-order valence-corrected chi connectivity index (χ0v) is 14.7. The lowest BCUT2D eigenvalue weighted by molar-refractivity contribution is -0.385. The molecule has 1 aromatic heterocycles. The second-order valence-corrected chi connectivity index (χ2v) is 5.68. The number of hydrogen-bond donors (Lipinski definition) is 1. The summed E-state index contributed by atoms with van der Waals surface area (Å²) in [7, 11) is 1.61. The average Bonchev–Trinajstić information content (AvgIpc) is 2.69. The van der Waals surface area contributed by atoms with Gasteiger partial charge in [-0.25, -0.2) is 14.2 Å². The van der Waals surface area contributed by atoms with Crippen molar-refractivity contribution in [3.05, 3.63) is 82.8 Å². The van der Waals surface area contributed by atoms with Gasteiger partial charge in [0.2, 0.25) is 0 Å². The van der Waals surface area contributed by atoms with E-state index < -0.39 is 16.8 Å². The van der Waals surface area contributed by atoms with E-state index in [2.05, 4.69) is 10.3 Å². The van der Waals surface area contributed by atoms with E-state index in [-0.39, 0.29) is 23.0 Å². The SMILES string of the molecule is CN(C(=O)Nc1cc(Oc2ccc([N+](=O)[O-])cc2F)ccn1)c1ccccc1. The van der Waals surface area contributed by atoms with Gasteiger partial charge in [0, 0.05) is 31.1 Å². The summed E-state index contributed by atoms with van der Waals surface area (Å²) in [6.45, 7) is 0. The van der Waals surface area contributed by atoms with Gasteiger partial charge >= 0.3 is 6.03 Å². The van der Waals surface area contributed by atoms with Crippen LogP contribution in [0.4, 0.5) is 26.4 Å². The first-order valence-electron chi connectivity index (χ1n) is 8.11. The van der Waals surface area contributed by atoms with Crippen molar-refractivity contribution in [2.75, 3.05) is 17.3 Å². The Balaban J connectivity index is 1.72. The summed E-state index contributed by atoms with van der Waals surface area (Å²) in [5.74, 6) is -0.649. The molecule has 1 heterocycles. The molecule has 28 heavy (non-hydrogen) atoms. The molecule has 0 saturated heterocycles. The Hall–Kier alpha value is -4.01. The molecule has 3 aromatic rings. The van der Waals surface area contributed by atoms with Crippen LogP contribution in [0.3, 0.4) is 0 Å². The first kappa shape index (κ1) is 18.8. The lowest BCUT2D eigenvalue weighted by Crippen LogP contribution is -2.31. The number of hydrogen-bond acceptors (Lipinski definition) is 5. The smallest absolute Gasteiger partial charge is 0.327 e. The fourth-order valence-corrected chi connectivity index (χ4v) is 2.32. The van der Waals surface area contributed by atoms with Gasteiger partial charge in [-0.2, -0.15) is 0 Å². The number of pyridine rings is 1. The van der Waals surface area contributed by atoms with Gasteiger partial charge in [-0.15, -0.1) is 0 Å². The third kappa shape index (κ3) is 4.39. The topological polar surface area (TPSA) is 97.6 Å². The molecule has 2 aromatic carbocycles. The number of nitro groups is 1. The van der Waals surface area contributed by atoms with Gasteiger partial charge in [0.25, 0.3) is 5.69 Å². The van der Waals surface area contributed by atoms with Crippen LogP contribution in [0.25, 0.3) is 0 Å². The number of anilines is 2. The molecule has 8 nitrogen and oxygen atoms in total. The minimum absolute atomic E-state index is 0.185. The summed E-state index contributed by atoms with van der Waals surface area (Å²) >= 11 is 0. The zero-order chi connectivity index (χ0) is 20.1. The summed E-state index contributed by atoms with van der Waals surface area (Å²) in [6, 6.07) is 14.6. The number of ether oxygens (including phenoxy) is 1. The molecule has 0 fully saturated rings. The number of non-ortho nitro benzene ring substituents is 1. The van der Waals surface area contributed by atoms with Crippen LogP contribution in [-0.2, 0) is 0 Å². The Morgan fingerprint density at radius 2 is 1.93 bits per heavy atom. The highest BCUT2D eigenvalue weighted by Crippen LogP contribution is 2.28. The maximum absolute atomic E-state index is 14.0. The maximum Gasteiger partial charge on any atom is 0.327 e. The number of halogens is 1. The van der Waals surface area contributed by atoms with E-state index >= 15 is 0 Å². The third-order valence-electron chi connectivity index (χ3n) is 3.77. The Morgan fingerprint density at radius 1 is 1.18 bits per heavy atom. The van der Waals surface area contributed by atoms with Crippen LogP contribution in [0.2, 0.25) is 0 Å². The molecule has 142 valence electrons. The van der Waals surface area contributed by atoms with E-state index in [1.54, 1.807) is 19.2 Å². The second kappa shape index (κ2) is 8.12. The van der Waals surface area contributed by atoms with Gasteiger partial charge in [0.15, 0.2) is 11.6 Å². The second-order valence-electron chi connectivity index (χ2n) is 5.68. The van der Waals surface area contributed by atoms with E-state index in [0.29, 0.717) is 5.69 Å². The van der Waals surface area contributed by atoms with Crippen LogP contribution in [0.1, 0.15) is 0 Å². The number of nitrogens with zero attached hydrogens (tertiary/aromatic N) is 3. The monoisotopic (exact) mass is 382 g/mol. The normalized spacial score (nSPS) is 10.2. The Bertz CT molecular complexity index is 1010. The molecule has 0 atom stereocenters. The van der Waals surface area contributed by atoms with Crippen LogP contribution in [0, 0.1) is 15.9 Å². The van der Waals surface area contributed by atoms with Crippen LogP contribution in [0.5, 0.6) is 11.5 Å². The number of urea groups is 1. The Kier molecular flexibility index (Phi) is 5.45. The van der Waals surface area contributed by atoms with Gasteiger partial charge in [0.05, 0.1) is 11.0 Å². The van der Waals surface area contributed by atoms with Crippen LogP contribution < -0.4 is 15.0 Å². The van der Waals surface area contributed by atoms with E-state index in [4.69, 9.17) is 4.74 Å². The lowest BCUT2D eigenvalue weighted by Gasteiger charge is -2.17. The molecule has 0 aliphatic heterocycles. The van der Waals surface area contributed by atoms with Crippen molar-refractivity contribution in [1.29, 1.82) is 0 Å². The van der Waals surface area contributed by atoms with Crippen molar-refractivity contribution >= 4 is 23.2 Å². The first-order valence-corrected chi connectivity index (χ1v) is 8.11. The third-order valence-corrected chi connectivity index (χ3v) is 3.77. The fraction of sp³-hybridized carbons (Fsp3) is 0.0526. The molecule has 3 rings (SSSR count). The molecule has 0 unspecified atom stereocenters. The summed E-state index contributed by atoms with van der Waals surface area (Å²) in [5, 5.41) is 13.3. The van der Waals surface area contributed by atoms with Crippen LogP contribution >= 0.6 is 0 Å². The number of amides is 2. The summed E-state index contributed by atoms with van der Waals surface area (Å²) in [6.07, 6.45) is 1.39. The van der Waals surface area contributed by atoms with E-state index in [0.717, 1.165) is 18.2 Å². The van der Waals surface area contributed by atoms with Gasteiger partial charge in [-0.1, -0.05) is 18.2 Å². The standard InChI is InChI=1S/C19H15FN4O4/c1-23(13-5-3-2-4-6-13)19(25)22-18-12-15(9-10-21-18)28-17-8-7-14(24(26)27)11-16(17)20/h2-12H,1H3,(H,21,22,25). The lowest BCUT2D eigenvalue weighted by atomic mass is 10.3. The molecule has 0 aliphatic rings. The van der Waals surface area contributed by atoms with Crippen molar-refractivity contribution in [2.45, 2.75) is 0 Å². The van der Waals surface area contributed by atoms with Crippen LogP contribution in [-0.4, -0.2) is 23.0 Å². The van der Waals surface area contributed by atoms with Crippen molar-refractivity contribution in [1.82, 2.24) is 4.98 Å². The largest absolute Gasteiger partial charge is 0.454 e. The van der Waals surface area contributed by atoms with Gasteiger partial charge in [-0.3, -0.25) is 20.3 Å². The van der Waals surface area contributed by atoms with Crippen molar-refractivity contribution in [3.63, 3.8) is 0 Å². The van der Waals surface area contributed by atoms with E-state index in [1.165, 1.54) is 23.2 Å². The predicted octanol–water partition coefficient (Wildman–Crippen LogP) is 4.59. The fourth-order valence-electron chi connectivity index (χ4n) is 2.32. The quantitative estimate of drug-likeness (QED) is 0.514. The van der Waals surface area contributed by atoms with Crippen LogP contribution in [0.15, 0.2) is 66.9 Å². The minimum Gasteiger partial charge on any atom is -0.454 e. The molecule has 0 aliphatic carbocycles. The predicted molar refractivity (Wildman–Crippen MR) is 101 cm³/mol. The van der Waals surface area contributed by atoms with E-state index in [1.807, 2.05) is 18.2 Å². The molecule has 0 bridgehead atoms. The molecule has 0 saturated carbocycles. The number of para-hydroxylation sites is 1. The highest BCUT2D eigenvalue weighted by Gasteiger charge is 2.14. The number of benzene rings is 2. The summed E-state index contributed by atoms with van der Waals surface area (Å²) < 4.78 is 19.4. The minimum atomic E-state index is -0.875. The number of nitro benzene ring substituents is 1. The molecule has 0 radical (unpaired) electrons. The molecule has 0 spiro atoms. The maximum atomic E-state index is 14.0. The number of carbonyl (C=O) groups excluding carboxylic acids is 1. The number of nitrogens with one attached hydrogen (secondary N) is 1. The first-order chi connectivity index (χ1) is 13.4. The number of carbonyl (C=O) groups is 1. The number of aromatic nitrogens is 1. The van der Waals surface area contributed by atoms with Gasteiger partial charge < -0.3 is 4.74 Å². The Labute approximate surface area is 159 Å². The van der Waals surface area contributed by atoms with Gasteiger partial charge in [0.1, 0.15) is 11.6 Å². The van der Waals surface area contributed by atoms with Gasteiger partial charge in [-0.05, 0) is 24.3 Å². The molecule has 9 heteroatoms. The molecular formula is C19H15FN4O4. The zero-order valence-electron chi connectivity index (χ0n) is 14.7. The van der Waals surface area contributed by atoms with Crippen molar-refractivity contribution < 1.29 is 18.8 Å². The van der Waals surface area contributed by atoms with Crippen molar-refractivity contribution in [3.8, 4) is 11.5 Å². The summed E-state index contributed by atoms with van der Waals surface area (Å²) in [5.41, 5.74) is 0.317. The number of rotatable bonds is 5. The molecular weight excluding hydrogens is 367 g/mol.